The minimum Gasteiger partial charge on any atom is -0.331 e. The van der Waals surface area contributed by atoms with Crippen LogP contribution in [0.25, 0.3) is 0 Å². The predicted octanol–water partition coefficient (Wildman–Crippen LogP) is 1.87. The molecule has 0 saturated heterocycles. The number of hydrogen-bond acceptors (Lipinski definition) is 3. The third kappa shape index (κ3) is 4.14. The number of urea groups is 1. The number of halogens is 1. The summed E-state index contributed by atoms with van der Waals surface area (Å²) in [5, 5.41) is 12.2. The Morgan fingerprint density at radius 1 is 1.32 bits per heavy atom. The first kappa shape index (κ1) is 16.9. The summed E-state index contributed by atoms with van der Waals surface area (Å²) in [6.45, 7) is -0.171. The molecule has 1 aromatic carbocycles. The smallest absolute Gasteiger partial charge is 0.315 e. The summed E-state index contributed by atoms with van der Waals surface area (Å²) in [4.78, 5) is 23.9. The average Bonchev–Trinajstić information content (AvgIpc) is 2.98. The topological polar surface area (TPSA) is 88.1 Å². The van der Waals surface area contributed by atoms with E-state index in [1.165, 1.54) is 24.3 Å². The minimum atomic E-state index is -0.407. The van der Waals surface area contributed by atoms with Crippen LogP contribution in [0.15, 0.2) is 30.5 Å². The molecule has 1 heterocycles. The highest BCUT2D eigenvalue weighted by Crippen LogP contribution is 2.28. The van der Waals surface area contributed by atoms with Gasteiger partial charge in [0.25, 0.3) is 0 Å². The average molecular weight is 345 g/mol. The molecule has 1 unspecified atom stereocenters. The molecule has 2 aromatic rings. The van der Waals surface area contributed by atoms with E-state index in [1.807, 2.05) is 11.7 Å². The molecule has 7 nitrogen and oxygen atoms in total. The zero-order valence-corrected chi connectivity index (χ0v) is 13.9. The Bertz CT molecular complexity index is 772. The molecular formula is C17H20FN5O2. The molecular weight excluding hydrogens is 325 g/mol. The van der Waals surface area contributed by atoms with Crippen molar-refractivity contribution in [2.45, 2.75) is 25.3 Å². The summed E-state index contributed by atoms with van der Waals surface area (Å²) in [7, 11) is 1.89. The first-order valence-electron chi connectivity index (χ1n) is 8.13. The van der Waals surface area contributed by atoms with Crippen LogP contribution in [-0.4, -0.2) is 28.3 Å². The van der Waals surface area contributed by atoms with Crippen molar-refractivity contribution in [1.82, 2.24) is 20.4 Å². The third-order valence-corrected chi connectivity index (χ3v) is 4.22. The van der Waals surface area contributed by atoms with Gasteiger partial charge in [-0.25, -0.2) is 9.18 Å². The molecule has 0 aliphatic heterocycles. The fraction of sp³-hybridized carbons (Fsp3) is 0.353. The van der Waals surface area contributed by atoms with Crippen LogP contribution in [-0.2, 0) is 18.3 Å². The molecule has 132 valence electrons. The molecule has 0 spiro atoms. The SMILES string of the molecule is Cn1ncc2c1CCCC2NC(=O)NCC(=O)Nc1ccc(F)cc1. The number of aryl methyl sites for hydroxylation is 1. The number of aromatic nitrogens is 2. The van der Waals surface area contributed by atoms with Gasteiger partial charge in [-0.15, -0.1) is 0 Å². The molecule has 8 heteroatoms. The first-order valence-corrected chi connectivity index (χ1v) is 8.13. The maximum absolute atomic E-state index is 12.8. The van der Waals surface area contributed by atoms with Gasteiger partial charge in [0.2, 0.25) is 5.91 Å². The largest absolute Gasteiger partial charge is 0.331 e. The summed E-state index contributed by atoms with van der Waals surface area (Å²) >= 11 is 0. The van der Waals surface area contributed by atoms with Crippen molar-refractivity contribution in [3.8, 4) is 0 Å². The number of hydrogen-bond donors (Lipinski definition) is 3. The molecule has 0 bridgehead atoms. The van der Waals surface area contributed by atoms with Gasteiger partial charge >= 0.3 is 6.03 Å². The van der Waals surface area contributed by atoms with Crippen molar-refractivity contribution in [3.05, 3.63) is 47.5 Å². The summed E-state index contributed by atoms with van der Waals surface area (Å²) in [6, 6.07) is 4.92. The number of rotatable bonds is 4. The van der Waals surface area contributed by atoms with Crippen molar-refractivity contribution >= 4 is 17.6 Å². The number of fused-ring (bicyclic) bond motifs is 1. The van der Waals surface area contributed by atoms with Crippen LogP contribution in [0.1, 0.15) is 30.1 Å². The fourth-order valence-corrected chi connectivity index (χ4v) is 2.96. The van der Waals surface area contributed by atoms with E-state index in [9.17, 15) is 14.0 Å². The van der Waals surface area contributed by atoms with Crippen LogP contribution in [0, 0.1) is 5.82 Å². The van der Waals surface area contributed by atoms with E-state index in [1.54, 1.807) is 6.20 Å². The van der Waals surface area contributed by atoms with Crippen molar-refractivity contribution < 1.29 is 14.0 Å². The van der Waals surface area contributed by atoms with Crippen LogP contribution in [0.3, 0.4) is 0 Å². The lowest BCUT2D eigenvalue weighted by Gasteiger charge is -2.23. The number of amides is 3. The Morgan fingerprint density at radius 3 is 2.84 bits per heavy atom. The third-order valence-electron chi connectivity index (χ3n) is 4.22. The van der Waals surface area contributed by atoms with Gasteiger partial charge in [-0.2, -0.15) is 5.10 Å². The Morgan fingerprint density at radius 2 is 2.08 bits per heavy atom. The number of nitrogens with zero attached hydrogens (tertiary/aromatic N) is 2. The van der Waals surface area contributed by atoms with Crippen molar-refractivity contribution in [2.75, 3.05) is 11.9 Å². The lowest BCUT2D eigenvalue weighted by Crippen LogP contribution is -2.42. The Balaban J connectivity index is 1.48. The zero-order valence-electron chi connectivity index (χ0n) is 13.9. The lowest BCUT2D eigenvalue weighted by molar-refractivity contribution is -0.115. The highest BCUT2D eigenvalue weighted by molar-refractivity contribution is 5.94. The molecule has 3 rings (SSSR count). The molecule has 1 aromatic heterocycles. The second-order valence-electron chi connectivity index (χ2n) is 6.00. The summed E-state index contributed by atoms with van der Waals surface area (Å²) in [5.74, 6) is -0.759. The first-order chi connectivity index (χ1) is 12.0. The van der Waals surface area contributed by atoms with E-state index in [0.717, 1.165) is 30.5 Å². The van der Waals surface area contributed by atoms with Crippen LogP contribution in [0.2, 0.25) is 0 Å². The molecule has 1 atom stereocenters. The molecule has 3 amide bonds. The van der Waals surface area contributed by atoms with E-state index in [2.05, 4.69) is 21.0 Å². The van der Waals surface area contributed by atoms with E-state index in [-0.39, 0.29) is 24.3 Å². The van der Waals surface area contributed by atoms with Gasteiger partial charge in [0.1, 0.15) is 5.82 Å². The highest BCUT2D eigenvalue weighted by atomic mass is 19.1. The van der Waals surface area contributed by atoms with Gasteiger partial charge in [0.05, 0.1) is 18.8 Å². The minimum absolute atomic E-state index is 0.0994. The van der Waals surface area contributed by atoms with Crippen molar-refractivity contribution in [3.63, 3.8) is 0 Å². The monoisotopic (exact) mass is 345 g/mol. The van der Waals surface area contributed by atoms with Gasteiger partial charge in [-0.3, -0.25) is 9.48 Å². The number of carbonyl (C=O) groups excluding carboxylic acids is 2. The fourth-order valence-electron chi connectivity index (χ4n) is 2.96. The molecule has 25 heavy (non-hydrogen) atoms. The lowest BCUT2D eigenvalue weighted by atomic mass is 9.93. The summed E-state index contributed by atoms with van der Waals surface area (Å²) < 4.78 is 14.7. The standard InChI is InChI=1S/C17H20FN5O2/c1-23-15-4-2-3-14(13(15)9-20-23)22-17(25)19-10-16(24)21-12-7-5-11(18)6-8-12/h5-9,14H,2-4,10H2,1H3,(H,21,24)(H2,19,22,25). The molecule has 0 radical (unpaired) electrons. The van der Waals surface area contributed by atoms with Crippen molar-refractivity contribution in [2.24, 2.45) is 7.05 Å². The van der Waals surface area contributed by atoms with E-state index < -0.39 is 6.03 Å². The Labute approximate surface area is 144 Å². The highest BCUT2D eigenvalue weighted by Gasteiger charge is 2.24. The number of benzene rings is 1. The molecule has 0 saturated carbocycles. The van der Waals surface area contributed by atoms with Gasteiger partial charge in [0, 0.05) is 24.0 Å². The van der Waals surface area contributed by atoms with E-state index in [0.29, 0.717) is 5.69 Å². The second kappa shape index (κ2) is 7.33. The van der Waals surface area contributed by atoms with E-state index in [4.69, 9.17) is 0 Å². The second-order valence-corrected chi connectivity index (χ2v) is 6.00. The van der Waals surface area contributed by atoms with Gasteiger partial charge in [0.15, 0.2) is 0 Å². The maximum atomic E-state index is 12.8. The molecule has 1 aliphatic rings. The molecule has 0 fully saturated rings. The molecule has 1 aliphatic carbocycles. The van der Waals surface area contributed by atoms with Crippen LogP contribution in [0.5, 0.6) is 0 Å². The number of anilines is 1. The predicted molar refractivity (Wildman–Crippen MR) is 90.5 cm³/mol. The van der Waals surface area contributed by atoms with Gasteiger partial charge < -0.3 is 16.0 Å². The number of carbonyl (C=O) groups is 2. The van der Waals surface area contributed by atoms with E-state index >= 15 is 0 Å². The van der Waals surface area contributed by atoms with Crippen LogP contribution >= 0.6 is 0 Å². The van der Waals surface area contributed by atoms with Gasteiger partial charge in [-0.05, 0) is 43.5 Å². The molecule has 3 N–H and O–H groups in total. The number of nitrogens with one attached hydrogen (secondary N) is 3. The van der Waals surface area contributed by atoms with Gasteiger partial charge in [-0.1, -0.05) is 0 Å². The van der Waals surface area contributed by atoms with Crippen molar-refractivity contribution in [1.29, 1.82) is 0 Å². The normalized spacial score (nSPS) is 16.0. The Hall–Kier alpha value is -2.90. The summed E-state index contributed by atoms with van der Waals surface area (Å²) in [6.07, 6.45) is 4.54. The quantitative estimate of drug-likeness (QED) is 0.790. The zero-order chi connectivity index (χ0) is 17.8. The van der Waals surface area contributed by atoms with Crippen LogP contribution < -0.4 is 16.0 Å². The Kier molecular flexibility index (Phi) is 4.97. The summed E-state index contributed by atoms with van der Waals surface area (Å²) in [5.41, 5.74) is 2.63. The maximum Gasteiger partial charge on any atom is 0.315 e. The van der Waals surface area contributed by atoms with Crippen LogP contribution in [0.4, 0.5) is 14.9 Å².